The number of nitrogens with zero attached hydrogens (tertiary/aromatic N) is 1. The quantitative estimate of drug-likeness (QED) is 0.750. The molecule has 2 nitrogen and oxygen atoms in total. The van der Waals surface area contributed by atoms with Crippen LogP contribution in [0.4, 0.5) is 8.78 Å². The molecule has 0 amide bonds. The summed E-state index contributed by atoms with van der Waals surface area (Å²) in [7, 11) is 0. The molecule has 68 valence electrons. The van der Waals surface area contributed by atoms with Crippen LogP contribution in [0.2, 0.25) is 0 Å². The number of rotatable bonds is 2. The summed E-state index contributed by atoms with van der Waals surface area (Å²) in [6.45, 7) is 0. The minimum atomic E-state index is -0.869. The fraction of sp³-hybridized carbons (Fsp3) is 0.222. The van der Waals surface area contributed by atoms with Crippen LogP contribution >= 0.6 is 0 Å². The molecule has 4 heteroatoms. The zero-order valence-corrected chi connectivity index (χ0v) is 6.80. The zero-order valence-electron chi connectivity index (χ0n) is 6.80. The van der Waals surface area contributed by atoms with Gasteiger partial charge in [0.2, 0.25) is 0 Å². The van der Waals surface area contributed by atoms with Crippen molar-refractivity contribution in [2.45, 2.75) is 12.5 Å². The lowest BCUT2D eigenvalue weighted by molar-refractivity contribution is 0.549. The molecule has 0 heterocycles. The summed E-state index contributed by atoms with van der Waals surface area (Å²) in [6.07, 6.45) is -0.102. The molecular formula is C9H8F2N2. The van der Waals surface area contributed by atoms with Crippen molar-refractivity contribution in [3.8, 4) is 6.07 Å². The first-order valence-electron chi connectivity index (χ1n) is 3.73. The summed E-state index contributed by atoms with van der Waals surface area (Å²) in [4.78, 5) is 0. The van der Waals surface area contributed by atoms with Gasteiger partial charge in [-0.25, -0.2) is 8.78 Å². The number of benzene rings is 1. The molecule has 0 radical (unpaired) electrons. The first-order valence-corrected chi connectivity index (χ1v) is 3.73. The molecule has 1 atom stereocenters. The standard InChI is InChI=1S/C9H8F2N2/c10-8-2-1-3-9(11)7(8)4-6(13)5-12/h1-3,6H,4,13H2/t6-/m0/s1. The molecule has 0 aliphatic rings. The molecule has 0 unspecified atom stereocenters. The van der Waals surface area contributed by atoms with Gasteiger partial charge in [0.1, 0.15) is 11.6 Å². The summed E-state index contributed by atoms with van der Waals surface area (Å²) in [5.41, 5.74) is 5.12. The van der Waals surface area contributed by atoms with Crippen LogP contribution in [0.3, 0.4) is 0 Å². The van der Waals surface area contributed by atoms with Gasteiger partial charge in [0.15, 0.2) is 0 Å². The molecule has 0 fully saturated rings. The maximum absolute atomic E-state index is 12.9. The van der Waals surface area contributed by atoms with E-state index in [0.717, 1.165) is 12.1 Å². The molecular weight excluding hydrogens is 174 g/mol. The van der Waals surface area contributed by atoms with Crippen molar-refractivity contribution >= 4 is 0 Å². The van der Waals surface area contributed by atoms with Crippen LogP contribution in [-0.2, 0) is 6.42 Å². The van der Waals surface area contributed by atoms with Crippen LogP contribution < -0.4 is 5.73 Å². The molecule has 0 bridgehead atoms. The lowest BCUT2D eigenvalue weighted by Gasteiger charge is -2.05. The third-order valence-electron chi connectivity index (χ3n) is 1.65. The maximum Gasteiger partial charge on any atom is 0.129 e. The van der Waals surface area contributed by atoms with E-state index in [1.165, 1.54) is 6.07 Å². The molecule has 13 heavy (non-hydrogen) atoms. The molecule has 1 aromatic carbocycles. The summed E-state index contributed by atoms with van der Waals surface area (Å²) in [5.74, 6) is -1.32. The lowest BCUT2D eigenvalue weighted by atomic mass is 10.1. The van der Waals surface area contributed by atoms with E-state index in [9.17, 15) is 8.78 Å². The Kier molecular flexibility index (Phi) is 2.93. The summed E-state index contributed by atoms with van der Waals surface area (Å²) in [6, 6.07) is 4.40. The van der Waals surface area contributed by atoms with Gasteiger partial charge in [-0.3, -0.25) is 0 Å². The van der Waals surface area contributed by atoms with E-state index in [1.807, 2.05) is 0 Å². The van der Waals surface area contributed by atoms with Crippen molar-refractivity contribution in [1.82, 2.24) is 0 Å². The first kappa shape index (κ1) is 9.62. The van der Waals surface area contributed by atoms with Crippen molar-refractivity contribution in [3.63, 3.8) is 0 Å². The molecule has 0 saturated heterocycles. The highest BCUT2D eigenvalue weighted by Crippen LogP contribution is 2.13. The third-order valence-corrected chi connectivity index (χ3v) is 1.65. The Hall–Kier alpha value is -1.47. The highest BCUT2D eigenvalue weighted by Gasteiger charge is 2.11. The molecule has 0 spiro atoms. The predicted octanol–water partition coefficient (Wildman–Crippen LogP) is 1.36. The molecule has 0 aromatic heterocycles. The highest BCUT2D eigenvalue weighted by molar-refractivity contribution is 5.21. The molecule has 0 saturated carbocycles. The lowest BCUT2D eigenvalue weighted by Crippen LogP contribution is -2.21. The van der Waals surface area contributed by atoms with Crippen LogP contribution in [0.15, 0.2) is 18.2 Å². The molecule has 2 N–H and O–H groups in total. The summed E-state index contributed by atoms with van der Waals surface area (Å²) < 4.78 is 25.9. The molecule has 1 aromatic rings. The number of nitriles is 1. The summed E-state index contributed by atoms with van der Waals surface area (Å²) in [5, 5.41) is 8.36. The van der Waals surface area contributed by atoms with Gasteiger partial charge in [-0.05, 0) is 12.1 Å². The SMILES string of the molecule is N#C[C@@H](N)Cc1c(F)cccc1F. The van der Waals surface area contributed by atoms with E-state index in [2.05, 4.69) is 0 Å². The van der Waals surface area contributed by atoms with E-state index in [-0.39, 0.29) is 12.0 Å². The van der Waals surface area contributed by atoms with Gasteiger partial charge in [-0.1, -0.05) is 6.07 Å². The second-order valence-corrected chi connectivity index (χ2v) is 2.64. The normalized spacial score (nSPS) is 12.2. The van der Waals surface area contributed by atoms with Gasteiger partial charge in [-0.15, -0.1) is 0 Å². The Morgan fingerprint density at radius 1 is 1.38 bits per heavy atom. The largest absolute Gasteiger partial charge is 0.316 e. The van der Waals surface area contributed by atoms with E-state index in [1.54, 1.807) is 6.07 Å². The zero-order chi connectivity index (χ0) is 9.84. The number of halogens is 2. The van der Waals surface area contributed by atoms with E-state index in [0.29, 0.717) is 0 Å². The third kappa shape index (κ3) is 2.23. The van der Waals surface area contributed by atoms with E-state index in [4.69, 9.17) is 11.0 Å². The number of hydrogen-bond acceptors (Lipinski definition) is 2. The average Bonchev–Trinajstić information content (AvgIpc) is 2.11. The second kappa shape index (κ2) is 3.97. The fourth-order valence-electron chi connectivity index (χ4n) is 0.993. The fourth-order valence-corrected chi connectivity index (χ4v) is 0.993. The molecule has 0 aliphatic carbocycles. The van der Waals surface area contributed by atoms with Gasteiger partial charge >= 0.3 is 0 Å². The van der Waals surface area contributed by atoms with Crippen LogP contribution in [-0.4, -0.2) is 6.04 Å². The Bertz CT molecular complexity index is 324. The maximum atomic E-state index is 12.9. The minimum absolute atomic E-state index is 0.102. The van der Waals surface area contributed by atoms with Gasteiger partial charge in [-0.2, -0.15) is 5.26 Å². The topological polar surface area (TPSA) is 49.8 Å². The van der Waals surface area contributed by atoms with Gasteiger partial charge in [0.25, 0.3) is 0 Å². The first-order chi connectivity index (χ1) is 6.15. The Morgan fingerprint density at radius 2 is 1.92 bits per heavy atom. The molecule has 1 rings (SSSR count). The average molecular weight is 182 g/mol. The Labute approximate surface area is 74.6 Å². The Morgan fingerprint density at radius 3 is 2.38 bits per heavy atom. The van der Waals surface area contributed by atoms with Gasteiger partial charge < -0.3 is 5.73 Å². The van der Waals surface area contributed by atoms with Crippen molar-refractivity contribution in [3.05, 3.63) is 35.4 Å². The number of hydrogen-bond donors (Lipinski definition) is 1. The van der Waals surface area contributed by atoms with E-state index < -0.39 is 17.7 Å². The van der Waals surface area contributed by atoms with Crippen LogP contribution in [0, 0.1) is 23.0 Å². The Balaban J connectivity index is 2.95. The van der Waals surface area contributed by atoms with Crippen LogP contribution in [0.1, 0.15) is 5.56 Å². The van der Waals surface area contributed by atoms with Gasteiger partial charge in [0.05, 0.1) is 12.1 Å². The van der Waals surface area contributed by atoms with Crippen molar-refractivity contribution < 1.29 is 8.78 Å². The predicted molar refractivity (Wildman–Crippen MR) is 43.7 cm³/mol. The van der Waals surface area contributed by atoms with E-state index >= 15 is 0 Å². The smallest absolute Gasteiger partial charge is 0.129 e. The van der Waals surface area contributed by atoms with Crippen molar-refractivity contribution in [2.24, 2.45) is 5.73 Å². The number of nitrogens with two attached hydrogens (primary N) is 1. The van der Waals surface area contributed by atoms with Gasteiger partial charge in [0, 0.05) is 12.0 Å². The van der Waals surface area contributed by atoms with Crippen molar-refractivity contribution in [1.29, 1.82) is 5.26 Å². The van der Waals surface area contributed by atoms with Crippen LogP contribution in [0.5, 0.6) is 0 Å². The minimum Gasteiger partial charge on any atom is -0.316 e. The highest BCUT2D eigenvalue weighted by atomic mass is 19.1. The monoisotopic (exact) mass is 182 g/mol. The second-order valence-electron chi connectivity index (χ2n) is 2.64. The molecule has 0 aliphatic heterocycles. The summed E-state index contributed by atoms with van der Waals surface area (Å²) >= 11 is 0. The van der Waals surface area contributed by atoms with Crippen molar-refractivity contribution in [2.75, 3.05) is 0 Å². The van der Waals surface area contributed by atoms with Crippen LogP contribution in [0.25, 0.3) is 0 Å².